The molecule has 0 radical (unpaired) electrons. The van der Waals surface area contributed by atoms with Crippen molar-refractivity contribution in [2.75, 3.05) is 7.11 Å². The molecular formula is C10H19N3O. The van der Waals surface area contributed by atoms with Gasteiger partial charge in [-0.3, -0.25) is 4.68 Å². The maximum Gasteiger partial charge on any atom is 0.0723 e. The molecule has 0 atom stereocenters. The molecule has 0 fully saturated rings. The van der Waals surface area contributed by atoms with E-state index in [0.29, 0.717) is 6.54 Å². The summed E-state index contributed by atoms with van der Waals surface area (Å²) in [6, 6.07) is 0. The van der Waals surface area contributed by atoms with Crippen molar-refractivity contribution in [1.29, 1.82) is 0 Å². The van der Waals surface area contributed by atoms with Gasteiger partial charge in [-0.2, -0.15) is 10.6 Å². The van der Waals surface area contributed by atoms with Crippen molar-refractivity contribution in [2.45, 2.75) is 32.7 Å². The van der Waals surface area contributed by atoms with E-state index >= 15 is 0 Å². The van der Waals surface area contributed by atoms with E-state index in [1.165, 1.54) is 5.56 Å². The third kappa shape index (κ3) is 2.56. The van der Waals surface area contributed by atoms with Crippen LogP contribution < -0.4 is 5.48 Å². The zero-order valence-electron chi connectivity index (χ0n) is 9.59. The number of hydrogen-bond donors (Lipinski definition) is 1. The van der Waals surface area contributed by atoms with E-state index in [4.69, 9.17) is 4.84 Å². The highest BCUT2D eigenvalue weighted by Gasteiger charge is 2.21. The summed E-state index contributed by atoms with van der Waals surface area (Å²) in [5.41, 5.74) is 5.21. The van der Waals surface area contributed by atoms with Crippen LogP contribution in [-0.4, -0.2) is 16.9 Å². The minimum Gasteiger partial charge on any atom is -0.305 e. The second-order valence-electron chi connectivity index (χ2n) is 4.45. The molecule has 0 bridgehead atoms. The van der Waals surface area contributed by atoms with Crippen LogP contribution in [0, 0.1) is 0 Å². The highest BCUT2D eigenvalue weighted by Crippen LogP contribution is 2.23. The fraction of sp³-hybridized carbons (Fsp3) is 0.700. The molecule has 0 saturated heterocycles. The lowest BCUT2D eigenvalue weighted by molar-refractivity contribution is 0.0863. The van der Waals surface area contributed by atoms with Gasteiger partial charge in [0.15, 0.2) is 0 Å². The molecule has 1 aromatic rings. The van der Waals surface area contributed by atoms with Gasteiger partial charge < -0.3 is 4.84 Å². The van der Waals surface area contributed by atoms with Crippen molar-refractivity contribution in [3.05, 3.63) is 17.5 Å². The summed E-state index contributed by atoms with van der Waals surface area (Å²) in [6.07, 6.45) is 2.02. The maximum absolute atomic E-state index is 4.84. The monoisotopic (exact) mass is 197 g/mol. The smallest absolute Gasteiger partial charge is 0.0723 e. The molecule has 0 aliphatic heterocycles. The van der Waals surface area contributed by atoms with Crippen LogP contribution in [0.3, 0.4) is 0 Å². The molecule has 0 saturated carbocycles. The lowest BCUT2D eigenvalue weighted by Crippen LogP contribution is -2.18. The SMILES string of the molecule is CONCc1cn(C)nc1C(C)(C)C. The number of aryl methyl sites for hydroxylation is 1. The lowest BCUT2D eigenvalue weighted by atomic mass is 9.90. The quantitative estimate of drug-likeness (QED) is 0.744. The van der Waals surface area contributed by atoms with Crippen molar-refractivity contribution in [3.63, 3.8) is 0 Å². The average molecular weight is 197 g/mol. The van der Waals surface area contributed by atoms with Crippen LogP contribution in [0.2, 0.25) is 0 Å². The molecule has 0 amide bonds. The zero-order chi connectivity index (χ0) is 10.8. The number of hydrogen-bond acceptors (Lipinski definition) is 3. The van der Waals surface area contributed by atoms with Gasteiger partial charge in [0.2, 0.25) is 0 Å². The topological polar surface area (TPSA) is 39.1 Å². The Morgan fingerprint density at radius 1 is 1.50 bits per heavy atom. The van der Waals surface area contributed by atoms with E-state index < -0.39 is 0 Å². The fourth-order valence-electron chi connectivity index (χ4n) is 1.45. The maximum atomic E-state index is 4.84. The molecule has 4 heteroatoms. The Morgan fingerprint density at radius 3 is 2.64 bits per heavy atom. The van der Waals surface area contributed by atoms with Gasteiger partial charge >= 0.3 is 0 Å². The summed E-state index contributed by atoms with van der Waals surface area (Å²) in [4.78, 5) is 4.84. The second-order valence-corrected chi connectivity index (χ2v) is 4.45. The highest BCUT2D eigenvalue weighted by molar-refractivity contribution is 5.23. The Bertz CT molecular complexity index is 299. The van der Waals surface area contributed by atoms with Crippen LogP contribution in [0.1, 0.15) is 32.0 Å². The zero-order valence-corrected chi connectivity index (χ0v) is 9.59. The van der Waals surface area contributed by atoms with Crippen LogP contribution in [0.25, 0.3) is 0 Å². The first-order valence-corrected chi connectivity index (χ1v) is 4.74. The molecular weight excluding hydrogens is 178 g/mol. The molecule has 1 rings (SSSR count). The van der Waals surface area contributed by atoms with Gasteiger partial charge in [0.05, 0.1) is 12.8 Å². The van der Waals surface area contributed by atoms with E-state index in [1.54, 1.807) is 7.11 Å². The van der Waals surface area contributed by atoms with Crippen molar-refractivity contribution in [1.82, 2.24) is 15.3 Å². The third-order valence-corrected chi connectivity index (χ3v) is 2.02. The molecule has 0 aliphatic carbocycles. The first-order valence-electron chi connectivity index (χ1n) is 4.74. The van der Waals surface area contributed by atoms with Crippen LogP contribution in [0.15, 0.2) is 6.20 Å². The molecule has 1 aromatic heterocycles. The average Bonchev–Trinajstić information content (AvgIpc) is 2.42. The summed E-state index contributed by atoms with van der Waals surface area (Å²) in [6.45, 7) is 7.17. The van der Waals surface area contributed by atoms with Gasteiger partial charge in [-0.1, -0.05) is 20.8 Å². The number of rotatable bonds is 3. The minimum absolute atomic E-state index is 0.0754. The van der Waals surface area contributed by atoms with Crippen molar-refractivity contribution in [3.8, 4) is 0 Å². The first kappa shape index (κ1) is 11.2. The number of nitrogens with one attached hydrogen (secondary N) is 1. The fourth-order valence-corrected chi connectivity index (χ4v) is 1.45. The molecule has 0 aromatic carbocycles. The van der Waals surface area contributed by atoms with Crippen molar-refractivity contribution < 1.29 is 4.84 Å². The van der Waals surface area contributed by atoms with Crippen molar-refractivity contribution in [2.24, 2.45) is 7.05 Å². The summed E-state index contributed by atoms with van der Waals surface area (Å²) >= 11 is 0. The molecule has 1 heterocycles. The molecule has 14 heavy (non-hydrogen) atoms. The molecule has 4 nitrogen and oxygen atoms in total. The van der Waals surface area contributed by atoms with Gasteiger partial charge in [0, 0.05) is 30.8 Å². The Balaban J connectivity index is 2.91. The van der Waals surface area contributed by atoms with Gasteiger partial charge in [-0.25, -0.2) is 0 Å². The van der Waals surface area contributed by atoms with Gasteiger partial charge in [0.1, 0.15) is 0 Å². The summed E-state index contributed by atoms with van der Waals surface area (Å²) in [7, 11) is 3.55. The standard InChI is InChI=1S/C10H19N3O/c1-10(2,3)9-8(6-11-14-5)7-13(4)12-9/h7,11H,6H2,1-5H3. The predicted octanol–water partition coefficient (Wildman–Crippen LogP) is 1.37. The first-order chi connectivity index (χ1) is 6.45. The Morgan fingerprint density at radius 2 is 2.14 bits per heavy atom. The Labute approximate surface area is 85.2 Å². The minimum atomic E-state index is 0.0754. The van der Waals surface area contributed by atoms with E-state index in [-0.39, 0.29) is 5.41 Å². The molecule has 0 spiro atoms. The molecule has 0 unspecified atom stereocenters. The van der Waals surface area contributed by atoms with Gasteiger partial charge in [0.25, 0.3) is 0 Å². The van der Waals surface area contributed by atoms with Crippen LogP contribution >= 0.6 is 0 Å². The Kier molecular flexibility index (Phi) is 3.29. The van der Waals surface area contributed by atoms with E-state index in [9.17, 15) is 0 Å². The molecule has 80 valence electrons. The van der Waals surface area contributed by atoms with Gasteiger partial charge in [-0.05, 0) is 0 Å². The normalized spacial score (nSPS) is 12.1. The number of aromatic nitrogens is 2. The summed E-state index contributed by atoms with van der Waals surface area (Å²) in [5, 5.41) is 4.46. The van der Waals surface area contributed by atoms with Crippen molar-refractivity contribution >= 4 is 0 Å². The molecule has 0 aliphatic rings. The van der Waals surface area contributed by atoms with Crippen LogP contribution in [0.4, 0.5) is 0 Å². The van der Waals surface area contributed by atoms with E-state index in [2.05, 4.69) is 31.3 Å². The third-order valence-electron chi connectivity index (χ3n) is 2.02. The highest BCUT2D eigenvalue weighted by atomic mass is 16.6. The number of nitrogens with zero attached hydrogens (tertiary/aromatic N) is 2. The Hall–Kier alpha value is -0.870. The van der Waals surface area contributed by atoms with Crippen LogP contribution in [0.5, 0.6) is 0 Å². The summed E-state index contributed by atoms with van der Waals surface area (Å²) < 4.78 is 1.84. The largest absolute Gasteiger partial charge is 0.305 e. The molecule has 1 N–H and O–H groups in total. The number of hydroxylamine groups is 1. The second kappa shape index (κ2) is 4.11. The summed E-state index contributed by atoms with van der Waals surface area (Å²) in [5.74, 6) is 0. The predicted molar refractivity (Wildman–Crippen MR) is 55.8 cm³/mol. The van der Waals surface area contributed by atoms with Crippen LogP contribution in [-0.2, 0) is 23.8 Å². The lowest BCUT2D eigenvalue weighted by Gasteiger charge is -2.17. The van der Waals surface area contributed by atoms with E-state index in [0.717, 1.165) is 5.69 Å². The van der Waals surface area contributed by atoms with E-state index in [1.807, 2.05) is 17.9 Å². The van der Waals surface area contributed by atoms with Gasteiger partial charge in [-0.15, -0.1) is 0 Å².